The van der Waals surface area contributed by atoms with Crippen molar-refractivity contribution in [3.05, 3.63) is 0 Å². The fourth-order valence-corrected chi connectivity index (χ4v) is 2.44. The third-order valence-electron chi connectivity index (χ3n) is 4.27. The Balaban J connectivity index is 0. The van der Waals surface area contributed by atoms with E-state index in [1.54, 1.807) is 0 Å². The molecule has 1 N–H and O–H groups in total. The topological polar surface area (TPSA) is 38.7 Å². The Morgan fingerprint density at radius 3 is 1.45 bits per heavy atom. The van der Waals surface area contributed by atoms with Gasteiger partial charge in [-0.05, 0) is 24.7 Å². The molecule has 0 spiro atoms. The minimum atomic E-state index is -0.448. The Bertz CT molecular complexity index is 195. The molecule has 0 heterocycles. The van der Waals surface area contributed by atoms with Crippen molar-refractivity contribution in [3.8, 4) is 0 Å². The molecule has 0 aromatic heterocycles. The molecular weight excluding hydrogens is 288 g/mol. The Morgan fingerprint density at radius 1 is 0.773 bits per heavy atom. The highest BCUT2D eigenvalue weighted by molar-refractivity contribution is 5.75. The summed E-state index contributed by atoms with van der Waals surface area (Å²) in [6.45, 7) is 10.2. The first-order valence-electron chi connectivity index (χ1n) is 9.05. The summed E-state index contributed by atoms with van der Waals surface area (Å²) in [5.74, 6) is 1.18. The molecule has 0 radical (unpaired) electrons. The lowest BCUT2D eigenvalue weighted by molar-refractivity contribution is -0.176. The monoisotopic (exact) mass is 328 g/mol. The van der Waals surface area contributed by atoms with Gasteiger partial charge in [0.15, 0.2) is 6.29 Å². The van der Waals surface area contributed by atoms with Gasteiger partial charge in [0.2, 0.25) is 0 Å². The van der Waals surface area contributed by atoms with E-state index in [-0.39, 0.29) is 29.7 Å². The second kappa shape index (κ2) is 18.0. The molecule has 0 saturated heterocycles. The van der Waals surface area contributed by atoms with Crippen molar-refractivity contribution in [2.75, 3.05) is 19.8 Å². The molecule has 0 rings (SSSR count). The molecule has 0 aromatic carbocycles. The van der Waals surface area contributed by atoms with Gasteiger partial charge in [-0.1, -0.05) is 66.2 Å². The number of unbranched alkanes of at least 4 members (excludes halogenated alkanes) is 2. The van der Waals surface area contributed by atoms with Gasteiger partial charge in [0.05, 0.1) is 19.8 Å². The van der Waals surface area contributed by atoms with Crippen molar-refractivity contribution in [2.45, 2.75) is 85.4 Å². The molecular formula is C18H40MgO3. The van der Waals surface area contributed by atoms with E-state index in [9.17, 15) is 5.11 Å². The largest absolute Gasteiger partial charge is 0.391 e. The highest BCUT2D eigenvalue weighted by atomic mass is 24.3. The summed E-state index contributed by atoms with van der Waals surface area (Å²) in [6.07, 6.45) is 9.19. The van der Waals surface area contributed by atoms with Crippen molar-refractivity contribution in [1.82, 2.24) is 0 Å². The van der Waals surface area contributed by atoms with Gasteiger partial charge in [0.1, 0.15) is 0 Å². The van der Waals surface area contributed by atoms with Crippen molar-refractivity contribution >= 4 is 23.1 Å². The average Bonchev–Trinajstić information content (AvgIpc) is 2.52. The van der Waals surface area contributed by atoms with Crippen LogP contribution >= 0.6 is 0 Å². The van der Waals surface area contributed by atoms with Crippen LogP contribution in [0.3, 0.4) is 0 Å². The van der Waals surface area contributed by atoms with Crippen LogP contribution < -0.4 is 0 Å². The van der Waals surface area contributed by atoms with Crippen LogP contribution in [-0.4, -0.2) is 54.3 Å². The Kier molecular flexibility index (Phi) is 20.4. The van der Waals surface area contributed by atoms with E-state index in [1.165, 1.54) is 38.5 Å². The first-order valence-corrected chi connectivity index (χ1v) is 9.05. The molecule has 0 bridgehead atoms. The van der Waals surface area contributed by atoms with Gasteiger partial charge in [-0.25, -0.2) is 0 Å². The standard InChI is InChI=1S/C18H38O3.Mg.2H/c1-5-9-11-16(7-3)14-20-18(13-19)21-15-17(8-4)12-10-6-2;;;/h16-19H,5-15H2,1-4H3;;;. The predicted molar refractivity (Wildman–Crippen MR) is 97.9 cm³/mol. The van der Waals surface area contributed by atoms with Gasteiger partial charge < -0.3 is 14.6 Å². The summed E-state index contributed by atoms with van der Waals surface area (Å²) in [5, 5.41) is 9.40. The van der Waals surface area contributed by atoms with Crippen LogP contribution in [0.2, 0.25) is 0 Å². The van der Waals surface area contributed by atoms with Gasteiger partial charge in [-0.15, -0.1) is 0 Å². The Hall–Kier alpha value is 0.646. The average molecular weight is 329 g/mol. The van der Waals surface area contributed by atoms with E-state index < -0.39 is 6.29 Å². The molecule has 3 nitrogen and oxygen atoms in total. The SMILES string of the molecule is CCCCC(CC)COC(CO)OCC(CC)CCCC.[MgH2]. The Labute approximate surface area is 154 Å². The van der Waals surface area contributed by atoms with E-state index in [0.29, 0.717) is 25.0 Å². The third-order valence-corrected chi connectivity index (χ3v) is 4.27. The van der Waals surface area contributed by atoms with Gasteiger partial charge in [-0.2, -0.15) is 0 Å². The number of aliphatic hydroxyl groups excluding tert-OH is 1. The molecule has 4 heteroatoms. The summed E-state index contributed by atoms with van der Waals surface area (Å²) < 4.78 is 11.5. The number of rotatable bonds is 15. The molecule has 0 fully saturated rings. The molecule has 0 saturated carbocycles. The minimum Gasteiger partial charge on any atom is -0.391 e. The highest BCUT2D eigenvalue weighted by Crippen LogP contribution is 2.16. The van der Waals surface area contributed by atoms with Crippen molar-refractivity contribution in [1.29, 1.82) is 0 Å². The smallest absolute Gasteiger partial charge is 0.316 e. The van der Waals surface area contributed by atoms with Crippen molar-refractivity contribution < 1.29 is 14.6 Å². The van der Waals surface area contributed by atoms with Crippen LogP contribution in [0, 0.1) is 11.8 Å². The van der Waals surface area contributed by atoms with E-state index in [4.69, 9.17) is 9.47 Å². The van der Waals surface area contributed by atoms with Gasteiger partial charge in [-0.3, -0.25) is 0 Å². The quantitative estimate of drug-likeness (QED) is 0.366. The first-order chi connectivity index (χ1) is 10.2. The van der Waals surface area contributed by atoms with E-state index in [0.717, 1.165) is 12.8 Å². The molecule has 2 unspecified atom stereocenters. The van der Waals surface area contributed by atoms with Gasteiger partial charge >= 0.3 is 23.1 Å². The fraction of sp³-hybridized carbons (Fsp3) is 1.00. The third kappa shape index (κ3) is 13.1. The highest BCUT2D eigenvalue weighted by Gasteiger charge is 2.15. The zero-order valence-corrected chi connectivity index (χ0v) is 14.8. The lowest BCUT2D eigenvalue weighted by Crippen LogP contribution is -2.27. The van der Waals surface area contributed by atoms with Crippen molar-refractivity contribution in [2.24, 2.45) is 11.8 Å². The molecule has 2 atom stereocenters. The zero-order valence-electron chi connectivity index (χ0n) is 14.8. The van der Waals surface area contributed by atoms with Crippen LogP contribution in [0.4, 0.5) is 0 Å². The number of hydrogen-bond acceptors (Lipinski definition) is 3. The molecule has 0 aliphatic heterocycles. The van der Waals surface area contributed by atoms with E-state index >= 15 is 0 Å². The number of ether oxygens (including phenoxy) is 2. The maximum Gasteiger partial charge on any atom is 0.316 e. The van der Waals surface area contributed by atoms with Gasteiger partial charge in [0.25, 0.3) is 0 Å². The zero-order chi connectivity index (χ0) is 15.9. The summed E-state index contributed by atoms with van der Waals surface area (Å²) in [6, 6.07) is 0. The number of hydrogen-bond donors (Lipinski definition) is 1. The molecule has 0 aromatic rings. The first kappa shape index (κ1) is 24.9. The molecule has 0 aliphatic rings. The van der Waals surface area contributed by atoms with E-state index in [1.807, 2.05) is 0 Å². The normalized spacial score (nSPS) is 15.1. The van der Waals surface area contributed by atoms with Crippen LogP contribution in [0.25, 0.3) is 0 Å². The second-order valence-corrected chi connectivity index (χ2v) is 6.11. The lowest BCUT2D eigenvalue weighted by atomic mass is 10.0. The van der Waals surface area contributed by atoms with Crippen molar-refractivity contribution in [3.63, 3.8) is 0 Å². The molecule has 22 heavy (non-hydrogen) atoms. The maximum absolute atomic E-state index is 9.40. The maximum atomic E-state index is 9.40. The molecule has 132 valence electrons. The van der Waals surface area contributed by atoms with Crippen LogP contribution in [0.15, 0.2) is 0 Å². The molecule has 0 amide bonds. The van der Waals surface area contributed by atoms with Crippen LogP contribution in [-0.2, 0) is 9.47 Å². The van der Waals surface area contributed by atoms with Crippen LogP contribution in [0.5, 0.6) is 0 Å². The number of aliphatic hydroxyl groups is 1. The summed E-state index contributed by atoms with van der Waals surface area (Å²) in [7, 11) is 0. The lowest BCUT2D eigenvalue weighted by Gasteiger charge is -2.23. The summed E-state index contributed by atoms with van der Waals surface area (Å²) in [4.78, 5) is 0. The van der Waals surface area contributed by atoms with Gasteiger partial charge in [0, 0.05) is 0 Å². The second-order valence-electron chi connectivity index (χ2n) is 6.11. The fourth-order valence-electron chi connectivity index (χ4n) is 2.44. The van der Waals surface area contributed by atoms with E-state index in [2.05, 4.69) is 27.7 Å². The minimum absolute atomic E-state index is 0. The predicted octanol–water partition coefficient (Wildman–Crippen LogP) is 3.85. The molecule has 0 aliphatic carbocycles. The van der Waals surface area contributed by atoms with Crippen LogP contribution in [0.1, 0.15) is 79.1 Å². The summed E-state index contributed by atoms with van der Waals surface area (Å²) in [5.41, 5.74) is 0. The summed E-state index contributed by atoms with van der Waals surface area (Å²) >= 11 is 0. The Morgan fingerprint density at radius 2 is 1.18 bits per heavy atom.